The molecule has 2 aromatic carbocycles. The summed E-state index contributed by atoms with van der Waals surface area (Å²) in [6.07, 6.45) is 1.74. The van der Waals surface area contributed by atoms with Gasteiger partial charge in [0.2, 0.25) is 0 Å². The Morgan fingerprint density at radius 3 is 2.42 bits per heavy atom. The first-order valence-corrected chi connectivity index (χ1v) is 10.9. The number of fused-ring (bicyclic) bond motifs is 1. The van der Waals surface area contributed by atoms with Gasteiger partial charge in [0.25, 0.3) is 0 Å². The number of aliphatic hydroxyl groups is 1. The molecule has 0 saturated carbocycles. The highest BCUT2D eigenvalue weighted by molar-refractivity contribution is 5.85. The van der Waals surface area contributed by atoms with Crippen molar-refractivity contribution in [3.05, 3.63) is 99.2 Å². The Labute approximate surface area is 192 Å². The summed E-state index contributed by atoms with van der Waals surface area (Å²) >= 11 is 0. The Bertz CT molecular complexity index is 1330. The normalized spacial score (nSPS) is 11.2. The van der Waals surface area contributed by atoms with Gasteiger partial charge in [-0.1, -0.05) is 44.2 Å². The van der Waals surface area contributed by atoms with E-state index >= 15 is 0 Å². The first kappa shape index (κ1) is 22.6. The maximum absolute atomic E-state index is 13.0. The largest absolute Gasteiger partial charge is 0.489 e. The maximum Gasteiger partial charge on any atom is 0.196 e. The smallest absolute Gasteiger partial charge is 0.196 e. The van der Waals surface area contributed by atoms with Gasteiger partial charge in [0.1, 0.15) is 41.4 Å². The molecule has 4 aromatic rings. The molecule has 0 spiro atoms. The lowest BCUT2D eigenvalue weighted by atomic mass is 10.1. The topological polar surface area (TPSA) is 81.8 Å². The van der Waals surface area contributed by atoms with E-state index in [-0.39, 0.29) is 24.6 Å². The fourth-order valence-corrected chi connectivity index (χ4v) is 3.57. The Morgan fingerprint density at radius 2 is 1.70 bits per heavy atom. The van der Waals surface area contributed by atoms with Gasteiger partial charge in [-0.15, -0.1) is 0 Å². The van der Waals surface area contributed by atoms with Gasteiger partial charge in [-0.25, -0.2) is 0 Å². The van der Waals surface area contributed by atoms with Crippen LogP contribution in [0.5, 0.6) is 11.5 Å². The first-order chi connectivity index (χ1) is 16.0. The molecule has 0 unspecified atom stereocenters. The molecule has 0 aliphatic rings. The number of hydrogen-bond donors (Lipinski definition) is 1. The van der Waals surface area contributed by atoms with E-state index in [0.29, 0.717) is 34.8 Å². The fraction of sp³-hybridized carbons (Fsp3) is 0.259. The monoisotopic (exact) mass is 445 g/mol. The number of benzene rings is 2. The molecule has 0 radical (unpaired) electrons. The molecule has 1 N–H and O–H groups in total. The minimum Gasteiger partial charge on any atom is -0.489 e. The third-order valence-corrected chi connectivity index (χ3v) is 5.54. The van der Waals surface area contributed by atoms with E-state index in [1.54, 1.807) is 18.3 Å². The van der Waals surface area contributed by atoms with E-state index in [2.05, 4.69) is 4.98 Å². The number of nitrogens with zero attached hydrogens (tertiary/aromatic N) is 1. The van der Waals surface area contributed by atoms with Crippen molar-refractivity contribution < 1.29 is 19.0 Å². The van der Waals surface area contributed by atoms with Gasteiger partial charge >= 0.3 is 0 Å². The molecular weight excluding hydrogens is 418 g/mol. The van der Waals surface area contributed by atoms with Crippen molar-refractivity contribution in [3.63, 3.8) is 0 Å². The lowest BCUT2D eigenvalue weighted by Crippen LogP contribution is -2.08. The third-order valence-electron chi connectivity index (χ3n) is 5.54. The van der Waals surface area contributed by atoms with Gasteiger partial charge in [-0.2, -0.15) is 0 Å². The van der Waals surface area contributed by atoms with Crippen LogP contribution in [0.1, 0.15) is 47.9 Å². The van der Waals surface area contributed by atoms with Crippen molar-refractivity contribution in [2.75, 3.05) is 0 Å². The van der Waals surface area contributed by atoms with E-state index in [1.165, 1.54) is 6.07 Å². The van der Waals surface area contributed by atoms with E-state index in [0.717, 1.165) is 22.4 Å². The zero-order valence-corrected chi connectivity index (χ0v) is 19.0. The number of aryl methyl sites for hydroxylation is 1. The maximum atomic E-state index is 13.0. The van der Waals surface area contributed by atoms with Crippen molar-refractivity contribution in [1.29, 1.82) is 0 Å². The molecular formula is C27H27NO5. The van der Waals surface area contributed by atoms with Gasteiger partial charge < -0.3 is 19.0 Å². The zero-order chi connectivity index (χ0) is 23.4. The van der Waals surface area contributed by atoms with E-state index in [4.69, 9.17) is 13.9 Å². The highest BCUT2D eigenvalue weighted by Gasteiger charge is 2.16. The molecule has 33 heavy (non-hydrogen) atoms. The van der Waals surface area contributed by atoms with Crippen LogP contribution in [0.15, 0.2) is 70.0 Å². The van der Waals surface area contributed by atoms with Crippen LogP contribution in [0.2, 0.25) is 0 Å². The minimum atomic E-state index is -0.167. The summed E-state index contributed by atoms with van der Waals surface area (Å²) in [7, 11) is 0. The Balaban J connectivity index is 1.72. The van der Waals surface area contributed by atoms with Crippen molar-refractivity contribution in [3.8, 4) is 11.5 Å². The Kier molecular flexibility index (Phi) is 6.75. The highest BCUT2D eigenvalue weighted by Crippen LogP contribution is 2.32. The van der Waals surface area contributed by atoms with E-state index in [1.807, 2.05) is 57.2 Å². The molecule has 0 aliphatic heterocycles. The molecule has 0 amide bonds. The summed E-state index contributed by atoms with van der Waals surface area (Å²) in [5.41, 5.74) is 3.72. The summed E-state index contributed by atoms with van der Waals surface area (Å²) < 4.78 is 18.2. The quantitative estimate of drug-likeness (QED) is 0.398. The van der Waals surface area contributed by atoms with E-state index < -0.39 is 0 Å². The van der Waals surface area contributed by atoms with Gasteiger partial charge in [-0.3, -0.25) is 9.78 Å². The summed E-state index contributed by atoms with van der Waals surface area (Å²) in [5.74, 6) is 1.57. The molecule has 0 bridgehead atoms. The predicted molar refractivity (Wildman–Crippen MR) is 127 cm³/mol. The van der Waals surface area contributed by atoms with Gasteiger partial charge in [0.05, 0.1) is 6.61 Å². The molecule has 2 heterocycles. The summed E-state index contributed by atoms with van der Waals surface area (Å²) in [6.45, 7) is 6.31. The number of hydrogen-bond acceptors (Lipinski definition) is 6. The van der Waals surface area contributed by atoms with Crippen molar-refractivity contribution in [2.24, 2.45) is 0 Å². The molecule has 2 aromatic heterocycles. The van der Waals surface area contributed by atoms with Crippen LogP contribution in [0.3, 0.4) is 0 Å². The molecule has 6 heteroatoms. The Hall–Kier alpha value is -3.64. The molecule has 0 aliphatic carbocycles. The number of rotatable bonds is 8. The number of ether oxygens (including phenoxy) is 2. The van der Waals surface area contributed by atoms with Crippen molar-refractivity contribution in [1.82, 2.24) is 4.98 Å². The van der Waals surface area contributed by atoms with Gasteiger partial charge in [-0.05, 0) is 24.1 Å². The first-order valence-electron chi connectivity index (χ1n) is 10.9. The minimum absolute atomic E-state index is 0.0607. The van der Waals surface area contributed by atoms with Crippen LogP contribution >= 0.6 is 0 Å². The zero-order valence-electron chi connectivity index (χ0n) is 19.0. The summed E-state index contributed by atoms with van der Waals surface area (Å²) in [4.78, 5) is 17.3. The predicted octanol–water partition coefficient (Wildman–Crippen LogP) is 5.27. The summed E-state index contributed by atoms with van der Waals surface area (Å²) in [5, 5.41) is 9.98. The van der Waals surface area contributed by atoms with Crippen LogP contribution in [0, 0.1) is 6.92 Å². The molecule has 170 valence electrons. The number of aromatic nitrogens is 1. The van der Waals surface area contributed by atoms with E-state index in [9.17, 15) is 9.90 Å². The standard InChI is InChI=1S/C27H27NO5/c1-17(2)24-13-23(30)27-25(32-16-21-8-5-4-7-19(21)14-29)11-22(12-26(27)33-24)31-15-20-9-6-10-28-18(20)3/h4-13,17,29H,14-16H2,1-3H3. The van der Waals surface area contributed by atoms with Crippen LogP contribution in [-0.4, -0.2) is 10.1 Å². The molecule has 0 fully saturated rings. The van der Waals surface area contributed by atoms with Gasteiger partial charge in [0, 0.05) is 41.6 Å². The molecule has 0 saturated heterocycles. The molecule has 6 nitrogen and oxygen atoms in total. The second-order valence-corrected chi connectivity index (χ2v) is 8.21. The second kappa shape index (κ2) is 9.88. The van der Waals surface area contributed by atoms with Crippen LogP contribution < -0.4 is 14.9 Å². The average molecular weight is 446 g/mol. The van der Waals surface area contributed by atoms with Crippen LogP contribution in [0.25, 0.3) is 11.0 Å². The average Bonchev–Trinajstić information content (AvgIpc) is 2.81. The number of aliphatic hydroxyl groups excluding tert-OH is 1. The van der Waals surface area contributed by atoms with Crippen molar-refractivity contribution >= 4 is 11.0 Å². The third kappa shape index (κ3) is 5.07. The highest BCUT2D eigenvalue weighted by atomic mass is 16.5. The van der Waals surface area contributed by atoms with Crippen LogP contribution in [-0.2, 0) is 19.8 Å². The lowest BCUT2D eigenvalue weighted by molar-refractivity contribution is 0.268. The van der Waals surface area contributed by atoms with Crippen molar-refractivity contribution in [2.45, 2.75) is 46.5 Å². The molecule has 0 atom stereocenters. The lowest BCUT2D eigenvalue weighted by Gasteiger charge is -2.15. The second-order valence-electron chi connectivity index (χ2n) is 8.21. The SMILES string of the molecule is Cc1ncccc1COc1cc(OCc2ccccc2CO)c2c(=O)cc(C(C)C)oc2c1. The Morgan fingerprint density at radius 1 is 0.970 bits per heavy atom. The summed E-state index contributed by atoms with van der Waals surface area (Å²) in [6, 6.07) is 16.3. The van der Waals surface area contributed by atoms with Crippen LogP contribution in [0.4, 0.5) is 0 Å². The molecule has 4 rings (SSSR count). The fourth-order valence-electron chi connectivity index (χ4n) is 3.57. The van der Waals surface area contributed by atoms with Gasteiger partial charge in [0.15, 0.2) is 5.43 Å². The number of pyridine rings is 1.